The van der Waals surface area contributed by atoms with Gasteiger partial charge < -0.3 is 24.6 Å². The van der Waals surface area contributed by atoms with Gasteiger partial charge >= 0.3 is 11.9 Å². The normalized spacial score (nSPS) is 15.9. The number of carbonyl (C=O) groups excluding carboxylic acids is 1. The Balaban J connectivity index is 4.65. The van der Waals surface area contributed by atoms with Crippen LogP contribution in [0.2, 0.25) is 0 Å². The monoisotopic (exact) mass is 511 g/mol. The van der Waals surface area contributed by atoms with Crippen LogP contribution in [0.5, 0.6) is 0 Å². The highest BCUT2D eigenvalue weighted by atomic mass is 16.4. The Hall–Kier alpha value is -1.89. The van der Waals surface area contributed by atoms with E-state index >= 15 is 0 Å². The summed E-state index contributed by atoms with van der Waals surface area (Å²) in [4.78, 5) is 34.6. The Morgan fingerprint density at radius 2 is 1.06 bits per heavy atom. The zero-order valence-corrected chi connectivity index (χ0v) is 23.4. The maximum Gasteiger partial charge on any atom is 0.311 e. The fourth-order valence-corrected chi connectivity index (χ4v) is 4.99. The van der Waals surface area contributed by atoms with E-state index in [0.29, 0.717) is 6.54 Å². The maximum absolute atomic E-state index is 11.6. The smallest absolute Gasteiger partial charge is 0.311 e. The number of carbonyl (C=O) groups is 3. The molecule has 0 aromatic carbocycles. The van der Waals surface area contributed by atoms with Gasteiger partial charge in [-0.2, -0.15) is 0 Å². The van der Waals surface area contributed by atoms with Gasteiger partial charge in [0.05, 0.1) is 26.2 Å². The van der Waals surface area contributed by atoms with Crippen LogP contribution in [0.1, 0.15) is 111 Å². The zero-order valence-electron chi connectivity index (χ0n) is 23.4. The number of hydrogen-bond donors (Lipinski definition) is 2. The number of rotatable bonds is 24. The highest BCUT2D eigenvalue weighted by Gasteiger charge is 2.36. The minimum atomic E-state index is -1.19. The summed E-state index contributed by atoms with van der Waals surface area (Å²) >= 11 is 0. The number of carboxylic acids is 3. The van der Waals surface area contributed by atoms with Crippen LogP contribution in [0.15, 0.2) is 12.2 Å². The van der Waals surface area contributed by atoms with Crippen molar-refractivity contribution < 1.29 is 34.2 Å². The molecule has 7 heteroatoms. The van der Waals surface area contributed by atoms with Crippen molar-refractivity contribution >= 4 is 17.9 Å². The minimum absolute atomic E-state index is 0.165. The van der Waals surface area contributed by atoms with Gasteiger partial charge in [-0.3, -0.25) is 9.59 Å². The summed E-state index contributed by atoms with van der Waals surface area (Å²) in [7, 11) is 0. The molecule has 7 nitrogen and oxygen atoms in total. The van der Waals surface area contributed by atoms with Crippen molar-refractivity contribution in [2.45, 2.75) is 111 Å². The lowest BCUT2D eigenvalue weighted by Crippen LogP contribution is -2.58. The largest absolute Gasteiger partial charge is 0.550 e. The summed E-state index contributed by atoms with van der Waals surface area (Å²) in [6, 6.07) is 0. The SMILES string of the molecule is CCCCCCCCCCC/C=C/CCCC[N+](CC(C)C(=O)[O-])(CC(C)C(=O)O)CC(C)C(=O)O. The van der Waals surface area contributed by atoms with Crippen LogP contribution in [0.25, 0.3) is 0 Å². The predicted molar refractivity (Wildman–Crippen MR) is 142 cm³/mol. The summed E-state index contributed by atoms with van der Waals surface area (Å²) < 4.78 is 0.165. The van der Waals surface area contributed by atoms with E-state index in [2.05, 4.69) is 19.1 Å². The fourth-order valence-electron chi connectivity index (χ4n) is 4.99. The molecule has 3 unspecified atom stereocenters. The predicted octanol–water partition coefficient (Wildman–Crippen LogP) is 5.28. The van der Waals surface area contributed by atoms with E-state index in [1.54, 1.807) is 20.8 Å². The molecule has 0 rings (SSSR count). The van der Waals surface area contributed by atoms with Gasteiger partial charge in [-0.25, -0.2) is 0 Å². The van der Waals surface area contributed by atoms with E-state index in [4.69, 9.17) is 0 Å². The van der Waals surface area contributed by atoms with Crippen molar-refractivity contribution in [2.75, 3.05) is 26.2 Å². The summed E-state index contributed by atoms with van der Waals surface area (Å²) in [5.74, 6) is -5.29. The molecule has 0 saturated carbocycles. The van der Waals surface area contributed by atoms with Crippen LogP contribution < -0.4 is 5.11 Å². The minimum Gasteiger partial charge on any atom is -0.550 e. The van der Waals surface area contributed by atoms with Crippen LogP contribution in [0.3, 0.4) is 0 Å². The highest BCUT2D eigenvalue weighted by molar-refractivity contribution is 5.70. The van der Waals surface area contributed by atoms with Crippen molar-refractivity contribution in [3.63, 3.8) is 0 Å². The van der Waals surface area contributed by atoms with Crippen LogP contribution in [-0.2, 0) is 14.4 Å². The Bertz CT molecular complexity index is 593. The Morgan fingerprint density at radius 1 is 0.667 bits per heavy atom. The van der Waals surface area contributed by atoms with Gasteiger partial charge in [-0.15, -0.1) is 0 Å². The van der Waals surface area contributed by atoms with Crippen molar-refractivity contribution in [1.82, 2.24) is 0 Å². The molecule has 0 heterocycles. The zero-order chi connectivity index (χ0) is 27.4. The molecule has 0 spiro atoms. The topological polar surface area (TPSA) is 115 Å². The second kappa shape index (κ2) is 20.2. The molecule has 0 bridgehead atoms. The molecule has 0 aliphatic carbocycles. The number of unbranched alkanes of at least 4 members (excludes halogenated alkanes) is 11. The Morgan fingerprint density at radius 3 is 1.47 bits per heavy atom. The molecule has 0 radical (unpaired) electrons. The maximum atomic E-state index is 11.6. The first-order chi connectivity index (χ1) is 17.0. The Kier molecular flexibility index (Phi) is 19.1. The van der Waals surface area contributed by atoms with Gasteiger partial charge in [0.25, 0.3) is 0 Å². The average Bonchev–Trinajstić information content (AvgIpc) is 2.81. The molecule has 210 valence electrons. The van der Waals surface area contributed by atoms with Gasteiger partial charge in [0, 0.05) is 11.9 Å². The summed E-state index contributed by atoms with van der Waals surface area (Å²) in [5.41, 5.74) is 0. The second-order valence-electron chi connectivity index (χ2n) is 10.9. The molecule has 36 heavy (non-hydrogen) atoms. The van der Waals surface area contributed by atoms with Crippen molar-refractivity contribution in [3.8, 4) is 0 Å². The number of hydrogen-bond acceptors (Lipinski definition) is 4. The van der Waals surface area contributed by atoms with E-state index in [0.717, 1.165) is 25.7 Å². The first-order valence-corrected chi connectivity index (χ1v) is 14.2. The number of nitrogens with zero attached hydrogens (tertiary/aromatic N) is 1. The van der Waals surface area contributed by atoms with Crippen LogP contribution in [-0.4, -0.2) is 58.8 Å². The van der Waals surface area contributed by atoms with E-state index in [1.807, 2.05) is 0 Å². The van der Waals surface area contributed by atoms with Gasteiger partial charge in [0.1, 0.15) is 11.8 Å². The van der Waals surface area contributed by atoms with Crippen LogP contribution in [0, 0.1) is 17.8 Å². The lowest BCUT2D eigenvalue weighted by Gasteiger charge is -2.43. The quantitative estimate of drug-likeness (QED) is 0.104. The van der Waals surface area contributed by atoms with E-state index in [1.165, 1.54) is 57.8 Å². The number of carboxylic acid groups (broad SMARTS) is 3. The fraction of sp³-hybridized carbons (Fsp3) is 0.828. The first-order valence-electron chi connectivity index (χ1n) is 14.2. The van der Waals surface area contributed by atoms with Crippen molar-refractivity contribution in [3.05, 3.63) is 12.2 Å². The summed E-state index contributed by atoms with van der Waals surface area (Å²) in [6.07, 6.45) is 20.0. The van der Waals surface area contributed by atoms with E-state index < -0.39 is 35.7 Å². The van der Waals surface area contributed by atoms with Gasteiger partial charge in [-0.05, 0) is 46.0 Å². The van der Waals surface area contributed by atoms with E-state index in [-0.39, 0.29) is 24.1 Å². The number of allylic oxidation sites excluding steroid dienone is 2. The molecule has 0 aliphatic rings. The average molecular weight is 512 g/mol. The molecule has 0 aliphatic heterocycles. The Labute approximate surface area is 219 Å². The van der Waals surface area contributed by atoms with Gasteiger partial charge in [-0.1, -0.05) is 77.4 Å². The van der Waals surface area contributed by atoms with Crippen molar-refractivity contribution in [2.24, 2.45) is 17.8 Å². The molecular weight excluding hydrogens is 458 g/mol. The van der Waals surface area contributed by atoms with Crippen LogP contribution in [0.4, 0.5) is 0 Å². The summed E-state index contributed by atoms with van der Waals surface area (Å²) in [5, 5.41) is 30.4. The lowest BCUT2D eigenvalue weighted by molar-refractivity contribution is -0.934. The summed E-state index contributed by atoms with van der Waals surface area (Å²) in [6.45, 7) is 8.13. The van der Waals surface area contributed by atoms with Gasteiger partial charge in [0.15, 0.2) is 0 Å². The number of quaternary nitrogens is 1. The standard InChI is InChI=1S/C29H53NO6/c1-5-6-7-8-9-10-11-12-13-14-15-16-17-18-19-20-30(21-24(2)27(31)32,22-25(3)28(33)34)23-26(4)29(35)36/h15-16,24-26H,5-14,17-23H2,1-4H3,(H2-,31,32,33,34,35,36)/b16-15+. The number of aliphatic carboxylic acids is 3. The molecule has 0 amide bonds. The van der Waals surface area contributed by atoms with Gasteiger partial charge in [0.2, 0.25) is 0 Å². The second-order valence-corrected chi connectivity index (χ2v) is 10.9. The molecule has 3 atom stereocenters. The van der Waals surface area contributed by atoms with Crippen LogP contribution >= 0.6 is 0 Å². The molecule has 0 aromatic rings. The molecular formula is C29H53NO6. The highest BCUT2D eigenvalue weighted by Crippen LogP contribution is 2.21. The third-order valence-electron chi connectivity index (χ3n) is 7.12. The molecule has 0 saturated heterocycles. The lowest BCUT2D eigenvalue weighted by atomic mass is 10.0. The molecule has 0 fully saturated rings. The van der Waals surface area contributed by atoms with E-state index in [9.17, 15) is 29.7 Å². The van der Waals surface area contributed by atoms with Crippen molar-refractivity contribution in [1.29, 1.82) is 0 Å². The molecule has 0 aromatic heterocycles. The molecule has 2 N–H and O–H groups in total. The third kappa shape index (κ3) is 16.7. The third-order valence-corrected chi connectivity index (χ3v) is 7.12. The first kappa shape index (κ1) is 34.1.